The molecular weight excluding hydrogens is 236 g/mol. The van der Waals surface area contributed by atoms with Crippen molar-refractivity contribution in [2.45, 2.75) is 46.1 Å². The van der Waals surface area contributed by atoms with Crippen molar-refractivity contribution in [1.82, 2.24) is 10.3 Å². The highest BCUT2D eigenvalue weighted by Crippen LogP contribution is 2.24. The van der Waals surface area contributed by atoms with Crippen LogP contribution in [0.25, 0.3) is 0 Å². The summed E-state index contributed by atoms with van der Waals surface area (Å²) in [6.07, 6.45) is 0.864. The molecule has 0 atom stereocenters. The minimum absolute atomic E-state index is 0.0240. The maximum Gasteiger partial charge on any atom is 0.213 e. The maximum absolute atomic E-state index is 5.74. The zero-order chi connectivity index (χ0) is 14.5. The van der Waals surface area contributed by atoms with Crippen molar-refractivity contribution in [3.63, 3.8) is 0 Å². The Hall–Kier alpha value is -1.35. The van der Waals surface area contributed by atoms with Crippen molar-refractivity contribution in [1.29, 1.82) is 0 Å². The highest BCUT2D eigenvalue weighted by atomic mass is 16.5. The molecule has 0 fully saturated rings. The summed E-state index contributed by atoms with van der Waals surface area (Å²) in [6, 6.07) is 4.15. The first-order valence-electron chi connectivity index (χ1n) is 6.76. The Labute approximate surface area is 117 Å². The molecule has 0 saturated carbocycles. The summed E-state index contributed by atoms with van der Waals surface area (Å²) in [4.78, 5) is 4.60. The average Bonchev–Trinajstić information content (AvgIpc) is 2.27. The SMILES string of the molecule is C=C(C)CCOc1cc(CNC)cc(C(C)(C)C)n1. The van der Waals surface area contributed by atoms with E-state index < -0.39 is 0 Å². The number of pyridine rings is 1. The Morgan fingerprint density at radius 3 is 2.58 bits per heavy atom. The van der Waals surface area contributed by atoms with E-state index >= 15 is 0 Å². The van der Waals surface area contributed by atoms with E-state index in [4.69, 9.17) is 4.74 Å². The van der Waals surface area contributed by atoms with Gasteiger partial charge in [-0.05, 0) is 25.6 Å². The summed E-state index contributed by atoms with van der Waals surface area (Å²) in [5.74, 6) is 0.707. The summed E-state index contributed by atoms with van der Waals surface area (Å²) in [7, 11) is 1.94. The first-order chi connectivity index (χ1) is 8.82. The number of rotatable bonds is 6. The van der Waals surface area contributed by atoms with E-state index in [1.807, 2.05) is 20.0 Å². The number of ether oxygens (including phenoxy) is 1. The highest BCUT2D eigenvalue weighted by Gasteiger charge is 2.17. The van der Waals surface area contributed by atoms with Crippen LogP contribution >= 0.6 is 0 Å². The first-order valence-corrected chi connectivity index (χ1v) is 6.76. The van der Waals surface area contributed by atoms with Gasteiger partial charge in [-0.1, -0.05) is 26.3 Å². The summed E-state index contributed by atoms with van der Waals surface area (Å²) in [5.41, 5.74) is 3.41. The third-order valence-electron chi connectivity index (χ3n) is 2.79. The first kappa shape index (κ1) is 15.7. The van der Waals surface area contributed by atoms with Crippen molar-refractivity contribution >= 4 is 0 Å². The molecule has 0 unspecified atom stereocenters. The fraction of sp³-hybridized carbons (Fsp3) is 0.562. The van der Waals surface area contributed by atoms with Crippen LogP contribution in [0.5, 0.6) is 5.88 Å². The van der Waals surface area contributed by atoms with E-state index in [1.165, 1.54) is 5.56 Å². The zero-order valence-corrected chi connectivity index (χ0v) is 12.8. The van der Waals surface area contributed by atoms with Crippen LogP contribution in [0.4, 0.5) is 0 Å². The average molecular weight is 262 g/mol. The van der Waals surface area contributed by atoms with E-state index in [0.717, 1.165) is 24.2 Å². The fourth-order valence-electron chi connectivity index (χ4n) is 1.65. The van der Waals surface area contributed by atoms with E-state index in [9.17, 15) is 0 Å². The van der Waals surface area contributed by atoms with Crippen molar-refractivity contribution in [2.24, 2.45) is 0 Å². The van der Waals surface area contributed by atoms with Gasteiger partial charge in [0.2, 0.25) is 5.88 Å². The lowest BCUT2D eigenvalue weighted by atomic mass is 9.91. The van der Waals surface area contributed by atoms with Gasteiger partial charge in [-0.2, -0.15) is 0 Å². The topological polar surface area (TPSA) is 34.1 Å². The van der Waals surface area contributed by atoms with E-state index in [0.29, 0.717) is 12.5 Å². The molecule has 0 bridgehead atoms. The Kier molecular flexibility index (Phi) is 5.55. The summed E-state index contributed by atoms with van der Waals surface area (Å²) < 4.78 is 5.74. The molecule has 0 amide bonds. The minimum atomic E-state index is 0.0240. The van der Waals surface area contributed by atoms with Gasteiger partial charge in [0.05, 0.1) is 12.3 Å². The minimum Gasteiger partial charge on any atom is -0.477 e. The number of nitrogens with zero attached hydrogens (tertiary/aromatic N) is 1. The van der Waals surface area contributed by atoms with Gasteiger partial charge in [0.25, 0.3) is 0 Å². The van der Waals surface area contributed by atoms with Crippen LogP contribution in [-0.2, 0) is 12.0 Å². The van der Waals surface area contributed by atoms with Crippen LogP contribution in [0.3, 0.4) is 0 Å². The van der Waals surface area contributed by atoms with Crippen LogP contribution in [0, 0.1) is 0 Å². The van der Waals surface area contributed by atoms with Gasteiger partial charge in [-0.3, -0.25) is 0 Å². The molecule has 0 aliphatic heterocycles. The second kappa shape index (κ2) is 6.71. The van der Waals surface area contributed by atoms with E-state index in [1.54, 1.807) is 0 Å². The predicted molar refractivity (Wildman–Crippen MR) is 80.6 cm³/mol. The molecule has 0 aromatic carbocycles. The van der Waals surface area contributed by atoms with Crippen LogP contribution in [0.2, 0.25) is 0 Å². The standard InChI is InChI=1S/C16H26N2O/c1-12(2)7-8-19-15-10-13(11-17-6)9-14(18-15)16(3,4)5/h9-10,17H,1,7-8,11H2,2-6H3. The Morgan fingerprint density at radius 1 is 1.37 bits per heavy atom. The summed E-state index contributed by atoms with van der Waals surface area (Å²) >= 11 is 0. The molecule has 0 aliphatic carbocycles. The van der Waals surface area contributed by atoms with Crippen molar-refractivity contribution in [3.05, 3.63) is 35.5 Å². The van der Waals surface area contributed by atoms with Crippen molar-refractivity contribution in [2.75, 3.05) is 13.7 Å². The maximum atomic E-state index is 5.74. The van der Waals surface area contributed by atoms with Gasteiger partial charge < -0.3 is 10.1 Å². The number of nitrogens with one attached hydrogen (secondary N) is 1. The van der Waals surface area contributed by atoms with Gasteiger partial charge in [0.15, 0.2) is 0 Å². The Bertz CT molecular complexity index is 433. The second-order valence-electron chi connectivity index (χ2n) is 6.03. The van der Waals surface area contributed by atoms with Gasteiger partial charge in [-0.25, -0.2) is 4.98 Å². The third-order valence-corrected chi connectivity index (χ3v) is 2.79. The predicted octanol–water partition coefficient (Wildman–Crippen LogP) is 3.44. The van der Waals surface area contributed by atoms with Crippen LogP contribution in [0.1, 0.15) is 45.4 Å². The second-order valence-corrected chi connectivity index (χ2v) is 6.03. The van der Waals surface area contributed by atoms with Gasteiger partial charge in [-0.15, -0.1) is 6.58 Å². The molecule has 1 rings (SSSR count). The molecule has 0 aliphatic rings. The monoisotopic (exact) mass is 262 g/mol. The van der Waals surface area contributed by atoms with Crippen LogP contribution in [0.15, 0.2) is 24.3 Å². The molecule has 1 N–H and O–H groups in total. The lowest BCUT2D eigenvalue weighted by Gasteiger charge is -2.20. The van der Waals surface area contributed by atoms with Gasteiger partial charge >= 0.3 is 0 Å². The van der Waals surface area contributed by atoms with Gasteiger partial charge in [0, 0.05) is 24.4 Å². The zero-order valence-electron chi connectivity index (χ0n) is 12.8. The molecule has 3 heteroatoms. The molecule has 1 aromatic heterocycles. The summed E-state index contributed by atoms with van der Waals surface area (Å²) in [5, 5.41) is 3.17. The molecule has 0 radical (unpaired) electrons. The van der Waals surface area contributed by atoms with Gasteiger partial charge in [0.1, 0.15) is 0 Å². The lowest BCUT2D eigenvalue weighted by Crippen LogP contribution is -2.16. The van der Waals surface area contributed by atoms with E-state index in [2.05, 4.69) is 43.7 Å². The molecule has 0 saturated heterocycles. The Morgan fingerprint density at radius 2 is 2.05 bits per heavy atom. The Balaban J connectivity index is 2.90. The number of aromatic nitrogens is 1. The normalized spacial score (nSPS) is 11.4. The smallest absolute Gasteiger partial charge is 0.213 e. The quantitative estimate of drug-likeness (QED) is 0.797. The summed E-state index contributed by atoms with van der Waals surface area (Å²) in [6.45, 7) is 13.8. The molecule has 19 heavy (non-hydrogen) atoms. The number of hydrogen-bond donors (Lipinski definition) is 1. The van der Waals surface area contributed by atoms with Crippen molar-refractivity contribution in [3.8, 4) is 5.88 Å². The lowest BCUT2D eigenvalue weighted by molar-refractivity contribution is 0.306. The molecular formula is C16H26N2O. The fourth-order valence-corrected chi connectivity index (χ4v) is 1.65. The largest absolute Gasteiger partial charge is 0.477 e. The third kappa shape index (κ3) is 5.43. The van der Waals surface area contributed by atoms with Crippen LogP contribution < -0.4 is 10.1 Å². The van der Waals surface area contributed by atoms with E-state index in [-0.39, 0.29) is 5.41 Å². The van der Waals surface area contributed by atoms with Crippen LogP contribution in [-0.4, -0.2) is 18.6 Å². The molecule has 0 spiro atoms. The highest BCUT2D eigenvalue weighted by molar-refractivity contribution is 5.28. The molecule has 3 nitrogen and oxygen atoms in total. The number of hydrogen-bond acceptors (Lipinski definition) is 3. The molecule has 1 heterocycles. The van der Waals surface area contributed by atoms with Crippen molar-refractivity contribution < 1.29 is 4.74 Å². The molecule has 106 valence electrons. The molecule has 1 aromatic rings.